The van der Waals surface area contributed by atoms with Crippen molar-refractivity contribution in [2.24, 2.45) is 0 Å². The predicted octanol–water partition coefficient (Wildman–Crippen LogP) is 3.11. The fraction of sp³-hybridized carbons (Fsp3) is 0.278. The third-order valence-electron chi connectivity index (χ3n) is 3.64. The van der Waals surface area contributed by atoms with Crippen LogP contribution in [0.4, 0.5) is 5.00 Å². The van der Waals surface area contributed by atoms with E-state index in [9.17, 15) is 14.4 Å². The van der Waals surface area contributed by atoms with E-state index in [1.807, 2.05) is 13.0 Å². The predicted molar refractivity (Wildman–Crippen MR) is 97.5 cm³/mol. The molecule has 0 fully saturated rings. The highest BCUT2D eigenvalue weighted by Crippen LogP contribution is 2.34. The van der Waals surface area contributed by atoms with Crippen molar-refractivity contribution in [3.63, 3.8) is 0 Å². The second kappa shape index (κ2) is 7.48. The molecule has 0 aliphatic carbocycles. The lowest BCUT2D eigenvalue weighted by atomic mass is 10.1. The number of hydrogen-bond donors (Lipinski definition) is 1. The van der Waals surface area contributed by atoms with Gasteiger partial charge in [0.2, 0.25) is 0 Å². The maximum Gasteiger partial charge on any atom is 0.341 e. The summed E-state index contributed by atoms with van der Waals surface area (Å²) in [5.41, 5.74) is 2.13. The van der Waals surface area contributed by atoms with E-state index in [0.717, 1.165) is 16.9 Å². The van der Waals surface area contributed by atoms with Crippen LogP contribution in [0.15, 0.2) is 24.3 Å². The fourth-order valence-corrected chi connectivity index (χ4v) is 3.53. The monoisotopic (exact) mass is 360 g/mol. The molecule has 0 atom stereocenters. The molecule has 132 valence electrons. The maximum absolute atomic E-state index is 12.5. The Morgan fingerprint density at radius 1 is 1.16 bits per heavy atom. The number of nitrogens with zero attached hydrogens (tertiary/aromatic N) is 1. The summed E-state index contributed by atoms with van der Waals surface area (Å²) < 4.78 is 4.81. The smallest absolute Gasteiger partial charge is 0.341 e. The van der Waals surface area contributed by atoms with Gasteiger partial charge in [-0.2, -0.15) is 0 Å². The van der Waals surface area contributed by atoms with E-state index in [0.29, 0.717) is 21.0 Å². The van der Waals surface area contributed by atoms with Gasteiger partial charge >= 0.3 is 5.97 Å². The lowest BCUT2D eigenvalue weighted by Gasteiger charge is -2.08. The van der Waals surface area contributed by atoms with Gasteiger partial charge in [0.1, 0.15) is 5.00 Å². The number of esters is 1. The molecule has 2 aromatic rings. The molecular formula is C18H20N2O4S. The number of nitrogens with one attached hydrogen (secondary N) is 1. The molecule has 1 aromatic heterocycles. The van der Waals surface area contributed by atoms with Gasteiger partial charge in [0.05, 0.1) is 17.6 Å². The first-order chi connectivity index (χ1) is 11.8. The Bertz CT molecular complexity index is 840. The Hall–Kier alpha value is -2.67. The second-order valence-corrected chi connectivity index (χ2v) is 6.80. The molecule has 2 rings (SSSR count). The zero-order valence-corrected chi connectivity index (χ0v) is 15.6. The molecule has 7 heteroatoms. The van der Waals surface area contributed by atoms with E-state index in [2.05, 4.69) is 5.32 Å². The van der Waals surface area contributed by atoms with Crippen molar-refractivity contribution in [1.82, 2.24) is 4.90 Å². The number of benzene rings is 1. The van der Waals surface area contributed by atoms with Crippen LogP contribution >= 0.6 is 11.3 Å². The Labute approximate surface area is 150 Å². The van der Waals surface area contributed by atoms with E-state index in [1.54, 1.807) is 39.2 Å². The minimum atomic E-state index is -0.592. The summed E-state index contributed by atoms with van der Waals surface area (Å²) in [7, 11) is 4.52. The minimum Gasteiger partial charge on any atom is -0.465 e. The molecule has 1 heterocycles. The highest BCUT2D eigenvalue weighted by molar-refractivity contribution is 7.18. The van der Waals surface area contributed by atoms with E-state index in [-0.39, 0.29) is 17.4 Å². The van der Waals surface area contributed by atoms with Crippen molar-refractivity contribution in [3.8, 4) is 0 Å². The van der Waals surface area contributed by atoms with Crippen LogP contribution in [-0.2, 0) is 4.74 Å². The number of hydrogen-bond acceptors (Lipinski definition) is 5. The number of methoxy groups -OCH3 is 1. The minimum absolute atomic E-state index is 0.207. The summed E-state index contributed by atoms with van der Waals surface area (Å²) in [6, 6.07) is 7.11. The van der Waals surface area contributed by atoms with Gasteiger partial charge in [0.25, 0.3) is 11.8 Å². The number of aryl methyl sites for hydroxylation is 1. The summed E-state index contributed by atoms with van der Waals surface area (Å²) in [5.74, 6) is -1.17. The van der Waals surface area contributed by atoms with Crippen LogP contribution in [-0.4, -0.2) is 43.9 Å². The standard InChI is InChI=1S/C18H20N2O4S/c1-10-7-6-8-12(9-10)15(21)19-16-13(18(23)24-5)11(2)14(25-16)17(22)20(3)4/h6-9H,1-5H3,(H,19,21). The molecule has 25 heavy (non-hydrogen) atoms. The number of carbonyl (C=O) groups is 3. The third-order valence-corrected chi connectivity index (χ3v) is 4.84. The van der Waals surface area contributed by atoms with Gasteiger partial charge in [-0.1, -0.05) is 17.7 Å². The van der Waals surface area contributed by atoms with Crippen LogP contribution in [0.3, 0.4) is 0 Å². The SMILES string of the molecule is COC(=O)c1c(NC(=O)c2cccc(C)c2)sc(C(=O)N(C)C)c1C. The van der Waals surface area contributed by atoms with Crippen molar-refractivity contribution in [3.05, 3.63) is 51.4 Å². The molecular weight excluding hydrogens is 340 g/mol. The van der Waals surface area contributed by atoms with Crippen molar-refractivity contribution in [1.29, 1.82) is 0 Å². The molecule has 6 nitrogen and oxygen atoms in total. The van der Waals surface area contributed by atoms with Gasteiger partial charge in [-0.25, -0.2) is 4.79 Å². The van der Waals surface area contributed by atoms with Crippen molar-refractivity contribution in [2.75, 3.05) is 26.5 Å². The summed E-state index contributed by atoms with van der Waals surface area (Å²) in [4.78, 5) is 38.8. The fourth-order valence-electron chi connectivity index (χ4n) is 2.32. The summed E-state index contributed by atoms with van der Waals surface area (Å²) in [6.07, 6.45) is 0. The third kappa shape index (κ3) is 3.88. The van der Waals surface area contributed by atoms with Gasteiger partial charge in [0, 0.05) is 19.7 Å². The van der Waals surface area contributed by atoms with Crippen LogP contribution < -0.4 is 5.32 Å². The number of ether oxygens (including phenoxy) is 1. The van der Waals surface area contributed by atoms with E-state index in [4.69, 9.17) is 4.74 Å². The van der Waals surface area contributed by atoms with Gasteiger partial charge in [0.15, 0.2) is 0 Å². The summed E-state index contributed by atoms with van der Waals surface area (Å²) in [6.45, 7) is 3.56. The van der Waals surface area contributed by atoms with Crippen LogP contribution in [0.1, 0.15) is 41.5 Å². The van der Waals surface area contributed by atoms with E-state index >= 15 is 0 Å². The highest BCUT2D eigenvalue weighted by Gasteiger charge is 2.27. The average molecular weight is 360 g/mol. The molecule has 0 aliphatic heterocycles. The molecule has 1 N–H and O–H groups in total. The Kier molecular flexibility index (Phi) is 5.58. The zero-order valence-electron chi connectivity index (χ0n) is 14.8. The molecule has 2 amide bonds. The Balaban J connectivity index is 2.45. The number of thiophene rings is 1. The number of rotatable bonds is 4. The first-order valence-electron chi connectivity index (χ1n) is 7.57. The average Bonchev–Trinajstić information content (AvgIpc) is 2.89. The molecule has 0 aliphatic rings. The Morgan fingerprint density at radius 2 is 1.84 bits per heavy atom. The first kappa shape index (κ1) is 18.7. The number of carbonyl (C=O) groups excluding carboxylic acids is 3. The van der Waals surface area contributed by atoms with Gasteiger partial charge in [-0.05, 0) is 31.5 Å². The van der Waals surface area contributed by atoms with Crippen molar-refractivity contribution in [2.45, 2.75) is 13.8 Å². The van der Waals surface area contributed by atoms with Crippen molar-refractivity contribution >= 4 is 34.1 Å². The quantitative estimate of drug-likeness (QED) is 0.850. The molecule has 0 bridgehead atoms. The summed E-state index contributed by atoms with van der Waals surface area (Å²) >= 11 is 1.07. The molecule has 0 spiro atoms. The topological polar surface area (TPSA) is 75.7 Å². The molecule has 0 saturated carbocycles. The second-order valence-electron chi connectivity index (χ2n) is 5.78. The first-order valence-corrected chi connectivity index (χ1v) is 8.39. The number of amides is 2. The van der Waals surface area contributed by atoms with Gasteiger partial charge < -0.3 is 15.0 Å². The van der Waals surface area contributed by atoms with E-state index < -0.39 is 5.97 Å². The normalized spacial score (nSPS) is 10.3. The zero-order chi connectivity index (χ0) is 18.7. The van der Waals surface area contributed by atoms with Gasteiger partial charge in [-0.3, -0.25) is 9.59 Å². The Morgan fingerprint density at radius 3 is 2.40 bits per heavy atom. The van der Waals surface area contributed by atoms with Crippen LogP contribution in [0, 0.1) is 13.8 Å². The maximum atomic E-state index is 12.5. The van der Waals surface area contributed by atoms with Crippen LogP contribution in [0.5, 0.6) is 0 Å². The molecule has 0 radical (unpaired) electrons. The number of anilines is 1. The van der Waals surface area contributed by atoms with Crippen LogP contribution in [0.2, 0.25) is 0 Å². The summed E-state index contributed by atoms with van der Waals surface area (Å²) in [5, 5.41) is 3.04. The lowest BCUT2D eigenvalue weighted by molar-refractivity contribution is 0.0601. The highest BCUT2D eigenvalue weighted by atomic mass is 32.1. The lowest BCUT2D eigenvalue weighted by Crippen LogP contribution is -2.21. The molecule has 0 saturated heterocycles. The van der Waals surface area contributed by atoms with E-state index in [1.165, 1.54) is 12.0 Å². The molecule has 0 unspecified atom stereocenters. The van der Waals surface area contributed by atoms with Gasteiger partial charge in [-0.15, -0.1) is 11.3 Å². The molecule has 1 aromatic carbocycles. The largest absolute Gasteiger partial charge is 0.465 e. The van der Waals surface area contributed by atoms with Crippen LogP contribution in [0.25, 0.3) is 0 Å². The van der Waals surface area contributed by atoms with Crippen molar-refractivity contribution < 1.29 is 19.1 Å².